The molecule has 124 valence electrons. The fourth-order valence-electron chi connectivity index (χ4n) is 2.42. The lowest BCUT2D eigenvalue weighted by Gasteiger charge is -2.26. The van der Waals surface area contributed by atoms with Crippen LogP contribution in [0.3, 0.4) is 0 Å². The predicted octanol–water partition coefficient (Wildman–Crippen LogP) is 4.22. The number of hydrogen-bond acceptors (Lipinski definition) is 3. The molecule has 2 aromatic carbocycles. The Morgan fingerprint density at radius 1 is 1.12 bits per heavy atom. The van der Waals surface area contributed by atoms with Crippen molar-refractivity contribution in [1.29, 1.82) is 0 Å². The van der Waals surface area contributed by atoms with Gasteiger partial charge in [0.15, 0.2) is 0 Å². The van der Waals surface area contributed by atoms with Gasteiger partial charge in [-0.25, -0.2) is 0 Å². The molecule has 0 spiro atoms. The zero-order chi connectivity index (χ0) is 16.9. The van der Waals surface area contributed by atoms with Crippen LogP contribution in [-0.2, 0) is 4.74 Å². The summed E-state index contributed by atoms with van der Waals surface area (Å²) in [5.41, 5.74) is 2.08. The van der Waals surface area contributed by atoms with Crippen molar-refractivity contribution < 1.29 is 9.53 Å². The van der Waals surface area contributed by atoms with Gasteiger partial charge in [-0.3, -0.25) is 9.79 Å². The van der Waals surface area contributed by atoms with E-state index < -0.39 is 0 Å². The van der Waals surface area contributed by atoms with Crippen molar-refractivity contribution in [2.45, 2.75) is 0 Å². The van der Waals surface area contributed by atoms with Crippen molar-refractivity contribution in [1.82, 2.24) is 4.90 Å². The topological polar surface area (TPSA) is 41.9 Å². The molecule has 1 amide bonds. The minimum atomic E-state index is -0.000115. The monoisotopic (exact) mass is 362 g/mol. The van der Waals surface area contributed by atoms with E-state index in [0.29, 0.717) is 47.6 Å². The third-order valence-electron chi connectivity index (χ3n) is 3.71. The first-order chi connectivity index (χ1) is 11.6. The molecule has 0 aliphatic carbocycles. The molecule has 1 aliphatic heterocycles. The summed E-state index contributed by atoms with van der Waals surface area (Å²) in [5.74, 6) is -0.000115. The Morgan fingerprint density at radius 2 is 1.92 bits per heavy atom. The van der Waals surface area contributed by atoms with E-state index in [4.69, 9.17) is 27.9 Å². The molecule has 6 heteroatoms. The predicted molar refractivity (Wildman–Crippen MR) is 96.9 cm³/mol. The number of morpholine rings is 1. The Hall–Kier alpha value is -1.88. The Labute approximate surface area is 150 Å². The normalized spacial score (nSPS) is 15.0. The Morgan fingerprint density at radius 3 is 2.67 bits per heavy atom. The van der Waals surface area contributed by atoms with Gasteiger partial charge in [-0.05, 0) is 30.3 Å². The molecule has 24 heavy (non-hydrogen) atoms. The summed E-state index contributed by atoms with van der Waals surface area (Å²) < 4.78 is 5.28. The number of aliphatic imine (C=N–C) groups is 1. The molecule has 1 saturated heterocycles. The van der Waals surface area contributed by atoms with E-state index in [0.717, 1.165) is 5.56 Å². The number of halogens is 2. The van der Waals surface area contributed by atoms with Gasteiger partial charge in [0.25, 0.3) is 5.91 Å². The third-order valence-corrected chi connectivity index (χ3v) is 4.27. The number of ether oxygens (including phenoxy) is 1. The Kier molecular flexibility index (Phi) is 5.51. The van der Waals surface area contributed by atoms with Gasteiger partial charge in [-0.2, -0.15) is 0 Å². The maximum absolute atomic E-state index is 12.5. The van der Waals surface area contributed by atoms with Crippen LogP contribution in [0.2, 0.25) is 10.0 Å². The standard InChI is InChI=1S/C18H16Cl2N2O2/c19-15-5-4-14(17(20)11-15)12-21-16-3-1-2-13(10-16)18(23)22-6-8-24-9-7-22/h1-5,10-12H,6-9H2. The van der Waals surface area contributed by atoms with Gasteiger partial charge in [0.1, 0.15) is 0 Å². The Balaban J connectivity index is 1.77. The zero-order valence-corrected chi connectivity index (χ0v) is 14.4. The number of rotatable bonds is 3. The first-order valence-corrected chi connectivity index (χ1v) is 8.35. The highest BCUT2D eigenvalue weighted by Crippen LogP contribution is 2.21. The molecule has 0 atom stereocenters. The molecule has 1 aliphatic rings. The van der Waals surface area contributed by atoms with Crippen molar-refractivity contribution in [3.05, 3.63) is 63.6 Å². The summed E-state index contributed by atoms with van der Waals surface area (Å²) >= 11 is 12.0. The minimum Gasteiger partial charge on any atom is -0.378 e. The number of carbonyl (C=O) groups excluding carboxylic acids is 1. The molecule has 0 N–H and O–H groups in total. The van der Waals surface area contributed by atoms with Gasteiger partial charge < -0.3 is 9.64 Å². The van der Waals surface area contributed by atoms with E-state index in [9.17, 15) is 4.79 Å². The maximum atomic E-state index is 12.5. The van der Waals surface area contributed by atoms with E-state index in [1.807, 2.05) is 12.1 Å². The molecule has 0 bridgehead atoms. The molecular weight excluding hydrogens is 347 g/mol. The second-order valence-electron chi connectivity index (χ2n) is 5.38. The van der Waals surface area contributed by atoms with Crippen LogP contribution in [-0.4, -0.2) is 43.3 Å². The highest BCUT2D eigenvalue weighted by atomic mass is 35.5. The molecule has 0 aromatic heterocycles. The van der Waals surface area contributed by atoms with Gasteiger partial charge in [0, 0.05) is 35.5 Å². The average Bonchev–Trinajstić information content (AvgIpc) is 2.61. The van der Waals surface area contributed by atoms with Gasteiger partial charge in [-0.15, -0.1) is 0 Å². The second kappa shape index (κ2) is 7.79. The zero-order valence-electron chi connectivity index (χ0n) is 12.9. The fraction of sp³-hybridized carbons (Fsp3) is 0.222. The van der Waals surface area contributed by atoms with Crippen LogP contribution in [0, 0.1) is 0 Å². The van der Waals surface area contributed by atoms with Crippen LogP contribution in [0.1, 0.15) is 15.9 Å². The van der Waals surface area contributed by atoms with E-state index >= 15 is 0 Å². The lowest BCUT2D eigenvalue weighted by atomic mass is 10.1. The van der Waals surface area contributed by atoms with Gasteiger partial charge in [0.05, 0.1) is 23.9 Å². The lowest BCUT2D eigenvalue weighted by Crippen LogP contribution is -2.40. The average molecular weight is 363 g/mol. The van der Waals surface area contributed by atoms with Crippen molar-refractivity contribution >= 4 is 41.0 Å². The number of nitrogens with zero attached hydrogens (tertiary/aromatic N) is 2. The lowest BCUT2D eigenvalue weighted by molar-refractivity contribution is 0.0303. The van der Waals surface area contributed by atoms with E-state index in [-0.39, 0.29) is 5.91 Å². The smallest absolute Gasteiger partial charge is 0.254 e. The molecule has 1 heterocycles. The number of amides is 1. The van der Waals surface area contributed by atoms with Crippen LogP contribution < -0.4 is 0 Å². The first kappa shape index (κ1) is 17.0. The first-order valence-electron chi connectivity index (χ1n) is 7.60. The van der Waals surface area contributed by atoms with Crippen LogP contribution >= 0.6 is 23.2 Å². The molecule has 0 saturated carbocycles. The van der Waals surface area contributed by atoms with E-state index in [2.05, 4.69) is 4.99 Å². The van der Waals surface area contributed by atoms with Crippen LogP contribution in [0.15, 0.2) is 47.5 Å². The van der Waals surface area contributed by atoms with Crippen LogP contribution in [0.4, 0.5) is 5.69 Å². The molecular formula is C18H16Cl2N2O2. The number of hydrogen-bond donors (Lipinski definition) is 0. The fourth-order valence-corrected chi connectivity index (χ4v) is 2.88. The quantitative estimate of drug-likeness (QED) is 0.767. The number of carbonyl (C=O) groups is 1. The maximum Gasteiger partial charge on any atom is 0.254 e. The SMILES string of the molecule is O=C(c1cccc(N=Cc2ccc(Cl)cc2Cl)c1)N1CCOCC1. The van der Waals surface area contributed by atoms with Crippen LogP contribution in [0.25, 0.3) is 0 Å². The molecule has 3 rings (SSSR count). The van der Waals surface area contributed by atoms with Gasteiger partial charge in [-0.1, -0.05) is 35.3 Å². The Bertz CT molecular complexity index is 771. The molecule has 0 unspecified atom stereocenters. The summed E-state index contributed by atoms with van der Waals surface area (Å²) in [5, 5.41) is 1.11. The van der Waals surface area contributed by atoms with Crippen molar-refractivity contribution in [3.8, 4) is 0 Å². The van der Waals surface area contributed by atoms with Crippen LogP contribution in [0.5, 0.6) is 0 Å². The summed E-state index contributed by atoms with van der Waals surface area (Å²) in [6.45, 7) is 2.40. The summed E-state index contributed by atoms with van der Waals surface area (Å²) in [7, 11) is 0. The summed E-state index contributed by atoms with van der Waals surface area (Å²) in [6.07, 6.45) is 1.66. The highest BCUT2D eigenvalue weighted by molar-refractivity contribution is 6.36. The largest absolute Gasteiger partial charge is 0.378 e. The van der Waals surface area contributed by atoms with E-state index in [1.54, 1.807) is 41.4 Å². The third kappa shape index (κ3) is 4.15. The molecule has 0 radical (unpaired) electrons. The molecule has 4 nitrogen and oxygen atoms in total. The second-order valence-corrected chi connectivity index (χ2v) is 6.22. The van der Waals surface area contributed by atoms with E-state index in [1.165, 1.54) is 0 Å². The number of benzene rings is 2. The van der Waals surface area contributed by atoms with Crippen molar-refractivity contribution in [2.24, 2.45) is 4.99 Å². The van der Waals surface area contributed by atoms with Crippen molar-refractivity contribution in [3.63, 3.8) is 0 Å². The summed E-state index contributed by atoms with van der Waals surface area (Å²) in [6, 6.07) is 12.5. The van der Waals surface area contributed by atoms with Crippen molar-refractivity contribution in [2.75, 3.05) is 26.3 Å². The molecule has 2 aromatic rings. The summed E-state index contributed by atoms with van der Waals surface area (Å²) in [4.78, 5) is 18.7. The van der Waals surface area contributed by atoms with Gasteiger partial charge in [0.2, 0.25) is 0 Å². The highest BCUT2D eigenvalue weighted by Gasteiger charge is 2.18. The molecule has 1 fully saturated rings. The van der Waals surface area contributed by atoms with Gasteiger partial charge >= 0.3 is 0 Å². The minimum absolute atomic E-state index is 0.000115.